The van der Waals surface area contributed by atoms with Crippen LogP contribution >= 0.6 is 11.6 Å². The standard InChI is InChI=1S/C22H21ClN2O5S/c23-18-8-5-16(14-20(18)31(28,29)25-11-3-1-2-4-12-25)22(27)24-17-7-9-19-15(13-17)6-10-21(26)30-19/h5-10,13-14H,1-4,11-12H2,(H,24,27). The van der Waals surface area contributed by atoms with E-state index in [2.05, 4.69) is 5.32 Å². The van der Waals surface area contributed by atoms with Crippen molar-refractivity contribution >= 4 is 44.2 Å². The van der Waals surface area contributed by atoms with Crippen LogP contribution in [0.25, 0.3) is 11.0 Å². The molecule has 0 radical (unpaired) electrons. The van der Waals surface area contributed by atoms with E-state index in [1.807, 2.05) is 0 Å². The topological polar surface area (TPSA) is 96.7 Å². The molecule has 3 aromatic rings. The summed E-state index contributed by atoms with van der Waals surface area (Å²) in [6.07, 6.45) is 3.60. The maximum absolute atomic E-state index is 13.1. The third-order valence-electron chi connectivity index (χ3n) is 5.25. The monoisotopic (exact) mass is 460 g/mol. The number of nitrogens with one attached hydrogen (secondary N) is 1. The first-order valence-corrected chi connectivity index (χ1v) is 11.8. The second-order valence-corrected chi connectivity index (χ2v) is 9.74. The molecule has 1 amide bonds. The zero-order chi connectivity index (χ0) is 22.0. The second-order valence-electron chi connectivity index (χ2n) is 7.42. The van der Waals surface area contributed by atoms with Gasteiger partial charge in [-0.05, 0) is 55.3 Å². The number of hydrogen-bond donors (Lipinski definition) is 1. The molecule has 9 heteroatoms. The molecule has 4 rings (SSSR count). The van der Waals surface area contributed by atoms with Gasteiger partial charge >= 0.3 is 5.63 Å². The molecule has 162 valence electrons. The highest BCUT2D eigenvalue weighted by Crippen LogP contribution is 2.28. The van der Waals surface area contributed by atoms with Gasteiger partial charge in [0.15, 0.2) is 0 Å². The van der Waals surface area contributed by atoms with Gasteiger partial charge in [-0.1, -0.05) is 24.4 Å². The Morgan fingerprint density at radius 1 is 0.968 bits per heavy atom. The van der Waals surface area contributed by atoms with Crippen LogP contribution in [0.2, 0.25) is 5.02 Å². The molecule has 31 heavy (non-hydrogen) atoms. The number of carbonyl (C=O) groups excluding carboxylic acids is 1. The Morgan fingerprint density at radius 3 is 2.45 bits per heavy atom. The average Bonchev–Trinajstić information content (AvgIpc) is 3.04. The Hall–Kier alpha value is -2.68. The Bertz CT molecular complexity index is 1290. The maximum atomic E-state index is 13.1. The van der Waals surface area contributed by atoms with Gasteiger partial charge in [-0.25, -0.2) is 13.2 Å². The van der Waals surface area contributed by atoms with E-state index in [9.17, 15) is 18.0 Å². The number of nitrogens with zero attached hydrogens (tertiary/aromatic N) is 1. The van der Waals surface area contributed by atoms with Gasteiger partial charge in [-0.2, -0.15) is 4.31 Å². The van der Waals surface area contributed by atoms with Gasteiger partial charge in [0, 0.05) is 35.8 Å². The predicted octanol–water partition coefficient (Wildman–Crippen LogP) is 4.26. The minimum absolute atomic E-state index is 0.0657. The number of hydrogen-bond acceptors (Lipinski definition) is 5. The Morgan fingerprint density at radius 2 is 1.71 bits per heavy atom. The number of amides is 1. The molecule has 1 fully saturated rings. The SMILES string of the molecule is O=C(Nc1ccc2oc(=O)ccc2c1)c1ccc(Cl)c(S(=O)(=O)N2CCCCCC2)c1. The van der Waals surface area contributed by atoms with Gasteiger partial charge < -0.3 is 9.73 Å². The summed E-state index contributed by atoms with van der Waals surface area (Å²) < 4.78 is 32.8. The van der Waals surface area contributed by atoms with Crippen molar-refractivity contribution in [3.05, 3.63) is 69.5 Å². The van der Waals surface area contributed by atoms with Crippen LogP contribution in [0.15, 0.2) is 62.6 Å². The van der Waals surface area contributed by atoms with Crippen molar-refractivity contribution in [2.45, 2.75) is 30.6 Å². The van der Waals surface area contributed by atoms with Crippen LogP contribution in [-0.4, -0.2) is 31.7 Å². The van der Waals surface area contributed by atoms with Crippen LogP contribution in [0.3, 0.4) is 0 Å². The fourth-order valence-electron chi connectivity index (χ4n) is 3.62. The van der Waals surface area contributed by atoms with Gasteiger partial charge in [0.1, 0.15) is 10.5 Å². The van der Waals surface area contributed by atoms with Crippen molar-refractivity contribution in [2.75, 3.05) is 18.4 Å². The molecule has 1 N–H and O–H groups in total. The normalized spacial score (nSPS) is 15.5. The van der Waals surface area contributed by atoms with E-state index in [1.54, 1.807) is 24.3 Å². The van der Waals surface area contributed by atoms with E-state index in [-0.39, 0.29) is 15.5 Å². The Kier molecular flexibility index (Phi) is 6.13. The number of rotatable bonds is 4. The molecule has 0 bridgehead atoms. The molecule has 0 saturated carbocycles. The summed E-state index contributed by atoms with van der Waals surface area (Å²) in [5.74, 6) is -0.472. The predicted molar refractivity (Wildman–Crippen MR) is 119 cm³/mol. The largest absolute Gasteiger partial charge is 0.423 e. The zero-order valence-electron chi connectivity index (χ0n) is 16.6. The molecule has 1 aliphatic heterocycles. The number of fused-ring (bicyclic) bond motifs is 1. The molecule has 1 aliphatic rings. The molecule has 0 spiro atoms. The van der Waals surface area contributed by atoms with E-state index >= 15 is 0 Å². The lowest BCUT2D eigenvalue weighted by atomic mass is 10.2. The highest BCUT2D eigenvalue weighted by molar-refractivity contribution is 7.89. The van der Waals surface area contributed by atoms with Crippen LogP contribution in [0, 0.1) is 0 Å². The van der Waals surface area contributed by atoms with E-state index < -0.39 is 21.6 Å². The lowest BCUT2D eigenvalue weighted by Crippen LogP contribution is -2.32. The van der Waals surface area contributed by atoms with E-state index in [0.717, 1.165) is 25.7 Å². The summed E-state index contributed by atoms with van der Waals surface area (Å²) >= 11 is 6.21. The van der Waals surface area contributed by atoms with Crippen LogP contribution in [-0.2, 0) is 10.0 Å². The van der Waals surface area contributed by atoms with Crippen molar-refractivity contribution < 1.29 is 17.6 Å². The minimum Gasteiger partial charge on any atom is -0.423 e. The number of carbonyl (C=O) groups is 1. The summed E-state index contributed by atoms with van der Waals surface area (Å²) in [5.41, 5.74) is 0.613. The molecule has 7 nitrogen and oxygen atoms in total. The van der Waals surface area contributed by atoms with Crippen LogP contribution in [0.5, 0.6) is 0 Å². The second kappa shape index (κ2) is 8.82. The molecule has 0 atom stereocenters. The smallest absolute Gasteiger partial charge is 0.336 e. The van der Waals surface area contributed by atoms with Crippen LogP contribution in [0.4, 0.5) is 5.69 Å². The molecule has 0 unspecified atom stereocenters. The number of anilines is 1. The minimum atomic E-state index is -3.80. The van der Waals surface area contributed by atoms with Crippen molar-refractivity contribution in [3.63, 3.8) is 0 Å². The molecule has 0 aliphatic carbocycles. The fraction of sp³-hybridized carbons (Fsp3) is 0.273. The first-order valence-electron chi connectivity index (χ1n) is 9.99. The first-order chi connectivity index (χ1) is 14.8. The number of sulfonamides is 1. The van der Waals surface area contributed by atoms with Gasteiger partial charge in [-0.3, -0.25) is 4.79 Å². The van der Waals surface area contributed by atoms with Gasteiger partial charge in [0.2, 0.25) is 10.0 Å². The fourth-order valence-corrected chi connectivity index (χ4v) is 5.63. The van der Waals surface area contributed by atoms with E-state index in [0.29, 0.717) is 29.7 Å². The Labute approximate surface area is 184 Å². The van der Waals surface area contributed by atoms with E-state index in [4.69, 9.17) is 16.0 Å². The third-order valence-corrected chi connectivity index (χ3v) is 7.63. The van der Waals surface area contributed by atoms with Crippen molar-refractivity contribution in [1.82, 2.24) is 4.31 Å². The maximum Gasteiger partial charge on any atom is 0.336 e. The highest BCUT2D eigenvalue weighted by atomic mass is 35.5. The molecular weight excluding hydrogens is 440 g/mol. The molecule has 1 aromatic heterocycles. The summed E-state index contributed by atoms with van der Waals surface area (Å²) in [6, 6.07) is 12.0. The number of benzene rings is 2. The number of halogens is 1. The lowest BCUT2D eigenvalue weighted by molar-refractivity contribution is 0.102. The van der Waals surface area contributed by atoms with Crippen LogP contribution in [0.1, 0.15) is 36.0 Å². The van der Waals surface area contributed by atoms with E-state index in [1.165, 1.54) is 28.6 Å². The van der Waals surface area contributed by atoms with Gasteiger partial charge in [0.25, 0.3) is 5.91 Å². The van der Waals surface area contributed by atoms with Crippen LogP contribution < -0.4 is 10.9 Å². The summed E-state index contributed by atoms with van der Waals surface area (Å²) in [7, 11) is -3.80. The van der Waals surface area contributed by atoms with Gasteiger partial charge in [-0.15, -0.1) is 0 Å². The van der Waals surface area contributed by atoms with Crippen molar-refractivity contribution in [3.8, 4) is 0 Å². The first kappa shape index (κ1) is 21.5. The molecular formula is C22H21ClN2O5S. The molecule has 1 saturated heterocycles. The average molecular weight is 461 g/mol. The zero-order valence-corrected chi connectivity index (χ0v) is 18.2. The quantitative estimate of drug-likeness (QED) is 0.586. The lowest BCUT2D eigenvalue weighted by Gasteiger charge is -2.21. The Balaban J connectivity index is 1.60. The third kappa shape index (κ3) is 4.66. The summed E-state index contributed by atoms with van der Waals surface area (Å²) in [6.45, 7) is 0.893. The molecule has 2 aromatic carbocycles. The summed E-state index contributed by atoms with van der Waals surface area (Å²) in [5, 5.41) is 3.48. The van der Waals surface area contributed by atoms with Gasteiger partial charge in [0.05, 0.1) is 5.02 Å². The summed E-state index contributed by atoms with van der Waals surface area (Å²) in [4.78, 5) is 24.0. The van der Waals surface area contributed by atoms with Crippen molar-refractivity contribution in [2.24, 2.45) is 0 Å². The van der Waals surface area contributed by atoms with Crippen molar-refractivity contribution in [1.29, 1.82) is 0 Å². The molecule has 2 heterocycles. The highest BCUT2D eigenvalue weighted by Gasteiger charge is 2.28.